The number of carbonyl (C=O) groups is 1. The molecule has 0 radical (unpaired) electrons. The summed E-state index contributed by atoms with van der Waals surface area (Å²) >= 11 is 7.08. The lowest BCUT2D eigenvalue weighted by atomic mass is 10.2. The fraction of sp³-hybridized carbons (Fsp3) is 0.250. The molecular weight excluding hydrogens is 482 g/mol. The van der Waals surface area contributed by atoms with Gasteiger partial charge in [0.05, 0.1) is 22.3 Å². The molecule has 1 heterocycles. The largest absolute Gasteiger partial charge is 0.459 e. The maximum atomic E-state index is 13.1. The maximum absolute atomic E-state index is 13.1. The zero-order valence-corrected chi connectivity index (χ0v) is 20.3. The van der Waals surface area contributed by atoms with Crippen molar-refractivity contribution < 1.29 is 26.4 Å². The molecule has 0 amide bonds. The van der Waals surface area contributed by atoms with E-state index < -0.39 is 31.9 Å². The summed E-state index contributed by atoms with van der Waals surface area (Å²) in [7, 11) is -7.97. The number of hydrogen-bond acceptors (Lipinski definition) is 7. The van der Waals surface area contributed by atoms with Gasteiger partial charge in [-0.1, -0.05) is 11.6 Å². The topological polar surface area (TPSA) is 107 Å². The highest BCUT2D eigenvalue weighted by molar-refractivity contribution is 7.95. The average Bonchev–Trinajstić information content (AvgIpc) is 2.97. The first-order valence-electron chi connectivity index (χ1n) is 9.06. The lowest BCUT2D eigenvalue weighted by Crippen LogP contribution is -2.17. The van der Waals surface area contributed by atoms with Gasteiger partial charge in [-0.25, -0.2) is 21.6 Å². The first-order chi connectivity index (χ1) is 14.3. The molecule has 0 saturated carbocycles. The Balaban J connectivity index is 2.07. The van der Waals surface area contributed by atoms with Gasteiger partial charge in [0.15, 0.2) is 9.84 Å². The molecule has 3 aromatic rings. The van der Waals surface area contributed by atoms with Crippen molar-refractivity contribution in [2.75, 3.05) is 11.0 Å². The van der Waals surface area contributed by atoms with E-state index in [2.05, 4.69) is 4.72 Å². The molecule has 2 aromatic carbocycles. The molecule has 0 bridgehead atoms. The van der Waals surface area contributed by atoms with Crippen LogP contribution < -0.4 is 4.72 Å². The van der Waals surface area contributed by atoms with Gasteiger partial charge >= 0.3 is 5.97 Å². The Morgan fingerprint density at radius 3 is 2.39 bits per heavy atom. The van der Waals surface area contributed by atoms with Gasteiger partial charge in [0.25, 0.3) is 10.0 Å². The molecule has 0 unspecified atom stereocenters. The molecule has 31 heavy (non-hydrogen) atoms. The Morgan fingerprint density at radius 1 is 1.10 bits per heavy atom. The molecule has 1 N–H and O–H groups in total. The zero-order valence-electron chi connectivity index (χ0n) is 17.1. The number of esters is 1. The summed E-state index contributed by atoms with van der Waals surface area (Å²) in [4.78, 5) is 11.8. The predicted molar refractivity (Wildman–Crippen MR) is 122 cm³/mol. The van der Waals surface area contributed by atoms with Crippen LogP contribution in [0.3, 0.4) is 0 Å². The van der Waals surface area contributed by atoms with Crippen LogP contribution in [0.1, 0.15) is 29.8 Å². The van der Waals surface area contributed by atoms with Crippen LogP contribution in [0.5, 0.6) is 0 Å². The van der Waals surface area contributed by atoms with Crippen LogP contribution in [0.4, 0.5) is 5.69 Å². The number of ether oxygens (including phenoxy) is 1. The van der Waals surface area contributed by atoms with E-state index in [1.54, 1.807) is 39.0 Å². The first-order valence-corrected chi connectivity index (χ1v) is 13.6. The van der Waals surface area contributed by atoms with E-state index >= 15 is 0 Å². The molecule has 166 valence electrons. The number of benzene rings is 2. The van der Waals surface area contributed by atoms with Crippen LogP contribution in [0.2, 0.25) is 5.02 Å². The predicted octanol–water partition coefficient (Wildman–Crippen LogP) is 4.63. The van der Waals surface area contributed by atoms with E-state index in [0.29, 0.717) is 16.0 Å². The molecule has 0 fully saturated rings. The lowest BCUT2D eigenvalue weighted by molar-refractivity contribution is 0.0377. The normalized spacial score (nSPS) is 12.3. The van der Waals surface area contributed by atoms with E-state index in [1.165, 1.54) is 12.1 Å². The Kier molecular flexibility index (Phi) is 6.39. The molecule has 0 aliphatic carbocycles. The summed E-state index contributed by atoms with van der Waals surface area (Å²) in [6, 6.07) is 8.74. The van der Waals surface area contributed by atoms with Crippen LogP contribution in [0, 0.1) is 6.92 Å². The SMILES string of the molecule is Cc1c(S(=O)(=O)Nc2ccc(C(=O)OC(C)C)cc2S(C)(=O)=O)sc2ccc(Cl)cc12. The maximum Gasteiger partial charge on any atom is 0.338 e. The second kappa shape index (κ2) is 8.42. The van der Waals surface area contributed by atoms with Gasteiger partial charge in [-0.3, -0.25) is 4.72 Å². The van der Waals surface area contributed by atoms with E-state index in [4.69, 9.17) is 16.3 Å². The van der Waals surface area contributed by atoms with Crippen molar-refractivity contribution in [2.45, 2.75) is 36.0 Å². The molecule has 0 aliphatic heterocycles. The second-order valence-electron chi connectivity index (χ2n) is 7.20. The third-order valence-corrected chi connectivity index (χ3v) is 8.93. The van der Waals surface area contributed by atoms with Gasteiger partial charge in [0.2, 0.25) is 0 Å². The number of fused-ring (bicyclic) bond motifs is 1. The van der Waals surface area contributed by atoms with Crippen LogP contribution in [0.25, 0.3) is 10.1 Å². The number of halogens is 1. The summed E-state index contributed by atoms with van der Waals surface area (Å²) in [5.74, 6) is -0.702. The lowest BCUT2D eigenvalue weighted by Gasteiger charge is -2.13. The number of nitrogens with one attached hydrogen (secondary N) is 1. The van der Waals surface area contributed by atoms with Crippen molar-refractivity contribution in [3.8, 4) is 0 Å². The van der Waals surface area contributed by atoms with Crippen molar-refractivity contribution in [1.29, 1.82) is 0 Å². The number of sulfonamides is 1. The minimum absolute atomic E-state index is 0.00441. The van der Waals surface area contributed by atoms with Crippen LogP contribution in [-0.2, 0) is 24.6 Å². The highest BCUT2D eigenvalue weighted by Crippen LogP contribution is 2.37. The average molecular weight is 502 g/mol. The minimum atomic E-state index is -4.11. The van der Waals surface area contributed by atoms with Crippen molar-refractivity contribution >= 4 is 64.5 Å². The Morgan fingerprint density at radius 2 is 1.77 bits per heavy atom. The minimum Gasteiger partial charge on any atom is -0.459 e. The number of thiophene rings is 1. The van der Waals surface area contributed by atoms with Crippen LogP contribution >= 0.6 is 22.9 Å². The van der Waals surface area contributed by atoms with Gasteiger partial charge in [-0.15, -0.1) is 11.3 Å². The number of sulfone groups is 1. The molecular formula is C20H20ClNO6S3. The number of carbonyl (C=O) groups excluding carboxylic acids is 1. The number of rotatable bonds is 6. The summed E-state index contributed by atoms with van der Waals surface area (Å²) in [5.41, 5.74) is 0.358. The number of hydrogen-bond donors (Lipinski definition) is 1. The smallest absolute Gasteiger partial charge is 0.338 e. The Hall–Kier alpha value is -2.14. The Bertz CT molecular complexity index is 1390. The molecule has 0 spiro atoms. The number of anilines is 1. The molecule has 0 atom stereocenters. The summed E-state index contributed by atoms with van der Waals surface area (Å²) < 4.78 is 59.1. The molecule has 0 aliphatic rings. The fourth-order valence-corrected chi connectivity index (χ4v) is 6.86. The van der Waals surface area contributed by atoms with Crippen LogP contribution in [-0.4, -0.2) is 35.2 Å². The van der Waals surface area contributed by atoms with Gasteiger partial charge < -0.3 is 4.74 Å². The molecule has 0 saturated heterocycles. The highest BCUT2D eigenvalue weighted by Gasteiger charge is 2.26. The first kappa shape index (κ1) is 23.5. The van der Waals surface area contributed by atoms with Gasteiger partial charge in [-0.05, 0) is 68.1 Å². The van der Waals surface area contributed by atoms with Crippen molar-refractivity contribution in [2.24, 2.45) is 0 Å². The van der Waals surface area contributed by atoms with Gasteiger partial charge in [-0.2, -0.15) is 0 Å². The van der Waals surface area contributed by atoms with Gasteiger partial charge in [0, 0.05) is 16.0 Å². The monoisotopic (exact) mass is 501 g/mol. The summed E-state index contributed by atoms with van der Waals surface area (Å²) in [5, 5.41) is 1.18. The zero-order chi connectivity index (χ0) is 23.1. The Labute approximate surface area is 190 Å². The fourth-order valence-electron chi connectivity index (χ4n) is 2.94. The molecule has 3 rings (SSSR count). The quantitative estimate of drug-likeness (QED) is 0.493. The third kappa shape index (κ3) is 5.03. The second-order valence-corrected chi connectivity index (χ2v) is 12.5. The number of aryl methyl sites for hydroxylation is 1. The summed E-state index contributed by atoms with van der Waals surface area (Å²) in [6.07, 6.45) is 0.543. The van der Waals surface area contributed by atoms with E-state index in [-0.39, 0.29) is 20.4 Å². The van der Waals surface area contributed by atoms with Gasteiger partial charge in [0.1, 0.15) is 4.21 Å². The van der Waals surface area contributed by atoms with E-state index in [1.807, 2.05) is 0 Å². The van der Waals surface area contributed by atoms with Crippen molar-refractivity contribution in [1.82, 2.24) is 0 Å². The van der Waals surface area contributed by atoms with Crippen LogP contribution in [0.15, 0.2) is 45.5 Å². The molecule has 1 aromatic heterocycles. The molecule has 7 nitrogen and oxygen atoms in total. The van der Waals surface area contributed by atoms with Crippen molar-refractivity contribution in [3.05, 3.63) is 52.5 Å². The third-order valence-electron chi connectivity index (χ3n) is 4.30. The van der Waals surface area contributed by atoms with E-state index in [9.17, 15) is 21.6 Å². The molecule has 11 heteroatoms. The highest BCUT2D eigenvalue weighted by atomic mass is 35.5. The van der Waals surface area contributed by atoms with Crippen molar-refractivity contribution in [3.63, 3.8) is 0 Å². The van der Waals surface area contributed by atoms with E-state index in [0.717, 1.165) is 28.4 Å². The standard InChI is InChI=1S/C20H20ClNO6S3/c1-11(2)28-19(23)13-5-7-16(18(9-13)30(4,24)25)22-31(26,27)20-12(3)15-10-14(21)6-8-17(15)29-20/h5-11,22H,1-4H3. The summed E-state index contributed by atoms with van der Waals surface area (Å²) in [6.45, 7) is 4.99.